The SMILES string of the molecule is CCCCCCCCC=CCCCCCCCC(=O)C(O)C(O)(C(=O)CCCCCCCCCCCCCCC)C(O)C(=O)CCCCCCCCCCCCCCC. The van der Waals surface area contributed by atoms with E-state index in [1.807, 2.05) is 0 Å². The molecule has 3 N–H and O–H groups in total. The lowest BCUT2D eigenvalue weighted by Crippen LogP contribution is -2.63. The van der Waals surface area contributed by atoms with Gasteiger partial charge in [0.2, 0.25) is 0 Å². The average Bonchev–Trinajstić information content (AvgIpc) is 3.24. The molecular weight excluding hydrogens is 733 g/mol. The number of unbranched alkanes of at least 4 members (excludes halogenated alkanes) is 35. The van der Waals surface area contributed by atoms with Crippen LogP contribution in [0.25, 0.3) is 0 Å². The Kier molecular flexibility index (Phi) is 42.3. The molecule has 6 nitrogen and oxygen atoms in total. The maximum absolute atomic E-state index is 13.6. The van der Waals surface area contributed by atoms with Gasteiger partial charge in [0.15, 0.2) is 35.2 Å². The average molecular weight is 833 g/mol. The van der Waals surface area contributed by atoms with Gasteiger partial charge in [-0.2, -0.15) is 0 Å². The molecule has 0 heterocycles. The zero-order valence-electron chi connectivity index (χ0n) is 39.6. The normalized spacial score (nSPS) is 13.9. The first-order valence-electron chi connectivity index (χ1n) is 26.1. The van der Waals surface area contributed by atoms with Crippen molar-refractivity contribution in [2.75, 3.05) is 0 Å². The minimum Gasteiger partial charge on any atom is -0.382 e. The monoisotopic (exact) mass is 833 g/mol. The lowest BCUT2D eigenvalue weighted by Gasteiger charge is -2.34. The molecule has 0 aliphatic heterocycles. The number of allylic oxidation sites excluding steroid dienone is 2. The van der Waals surface area contributed by atoms with Crippen molar-refractivity contribution in [3.63, 3.8) is 0 Å². The summed E-state index contributed by atoms with van der Waals surface area (Å²) in [6.45, 7) is 6.74. The van der Waals surface area contributed by atoms with Crippen LogP contribution in [-0.4, -0.2) is 50.5 Å². The minimum absolute atomic E-state index is 0.00736. The Labute approximate surface area is 366 Å². The number of hydrogen-bond donors (Lipinski definition) is 3. The van der Waals surface area contributed by atoms with Crippen LogP contribution >= 0.6 is 0 Å². The Morgan fingerprint density at radius 3 is 0.847 bits per heavy atom. The molecule has 0 aliphatic carbocycles. The molecule has 0 aromatic rings. The maximum Gasteiger partial charge on any atom is 0.189 e. The second-order valence-electron chi connectivity index (χ2n) is 18.3. The van der Waals surface area contributed by atoms with E-state index in [1.54, 1.807) is 0 Å². The number of carbonyl (C=O) groups excluding carboxylic acids is 3. The van der Waals surface area contributed by atoms with Gasteiger partial charge in [-0.3, -0.25) is 14.4 Å². The van der Waals surface area contributed by atoms with Crippen LogP contribution in [0.2, 0.25) is 0 Å². The first-order valence-corrected chi connectivity index (χ1v) is 26.1. The van der Waals surface area contributed by atoms with Crippen LogP contribution in [0.3, 0.4) is 0 Å². The van der Waals surface area contributed by atoms with Gasteiger partial charge in [-0.25, -0.2) is 0 Å². The summed E-state index contributed by atoms with van der Waals surface area (Å²) in [7, 11) is 0. The molecule has 3 unspecified atom stereocenters. The number of carbonyl (C=O) groups is 3. The summed E-state index contributed by atoms with van der Waals surface area (Å²) in [6, 6.07) is 0. The molecule has 348 valence electrons. The van der Waals surface area contributed by atoms with Crippen molar-refractivity contribution < 1.29 is 29.7 Å². The Morgan fingerprint density at radius 2 is 0.576 bits per heavy atom. The number of ketones is 3. The van der Waals surface area contributed by atoms with E-state index >= 15 is 0 Å². The fraction of sp³-hybridized carbons (Fsp3) is 0.906. The van der Waals surface area contributed by atoms with Crippen LogP contribution in [0, 0.1) is 0 Å². The highest BCUT2D eigenvalue weighted by atomic mass is 16.4. The molecule has 0 rings (SSSR count). The van der Waals surface area contributed by atoms with Crippen LogP contribution in [-0.2, 0) is 14.4 Å². The predicted molar refractivity (Wildman–Crippen MR) is 252 cm³/mol. The molecule has 0 aliphatic rings. The van der Waals surface area contributed by atoms with Gasteiger partial charge in [0.05, 0.1) is 0 Å². The molecule has 0 aromatic carbocycles. The highest BCUT2D eigenvalue weighted by Crippen LogP contribution is 2.26. The Hall–Kier alpha value is -1.37. The number of aliphatic hydroxyl groups excluding tert-OH is 2. The number of hydrogen-bond acceptors (Lipinski definition) is 6. The summed E-state index contributed by atoms with van der Waals surface area (Å²) < 4.78 is 0. The van der Waals surface area contributed by atoms with Gasteiger partial charge in [-0.05, 0) is 44.9 Å². The van der Waals surface area contributed by atoms with Gasteiger partial charge in [-0.1, -0.05) is 238 Å². The van der Waals surface area contributed by atoms with E-state index in [0.29, 0.717) is 19.3 Å². The number of Topliss-reactive ketones (excluding diaryl/α,β-unsaturated/α-hetero) is 3. The summed E-state index contributed by atoms with van der Waals surface area (Å²) >= 11 is 0. The molecule has 0 bridgehead atoms. The van der Waals surface area contributed by atoms with Gasteiger partial charge in [0, 0.05) is 19.3 Å². The van der Waals surface area contributed by atoms with Gasteiger partial charge >= 0.3 is 0 Å². The van der Waals surface area contributed by atoms with Crippen LogP contribution in [0.4, 0.5) is 0 Å². The standard InChI is InChI=1S/C53H100O6/c1-4-7-10-13-16-19-22-25-26-29-31-34-37-40-43-46-49(55)52(58)53(59,50(56)47-44-41-38-35-32-28-24-21-18-15-12-9-6-3)51(57)48(54)45-42-39-36-33-30-27-23-20-17-14-11-8-5-2/h25-26,51-52,57-59H,4-24,27-47H2,1-3H3. The van der Waals surface area contributed by atoms with Gasteiger partial charge in [0.25, 0.3) is 0 Å². The summed E-state index contributed by atoms with van der Waals surface area (Å²) in [4.78, 5) is 40.0. The summed E-state index contributed by atoms with van der Waals surface area (Å²) in [5, 5.41) is 34.1. The van der Waals surface area contributed by atoms with Crippen LogP contribution < -0.4 is 0 Å². The lowest BCUT2D eigenvalue weighted by atomic mass is 9.78. The fourth-order valence-electron chi connectivity index (χ4n) is 8.41. The van der Waals surface area contributed by atoms with Gasteiger partial charge < -0.3 is 15.3 Å². The molecule has 0 radical (unpaired) electrons. The largest absolute Gasteiger partial charge is 0.382 e. The van der Waals surface area contributed by atoms with Crippen LogP contribution in [0.1, 0.15) is 290 Å². The molecule has 0 aromatic heterocycles. The fourth-order valence-corrected chi connectivity index (χ4v) is 8.41. The molecule has 3 atom stereocenters. The van der Waals surface area contributed by atoms with E-state index in [-0.39, 0.29) is 19.3 Å². The maximum atomic E-state index is 13.6. The van der Waals surface area contributed by atoms with Crippen LogP contribution in [0.15, 0.2) is 12.2 Å². The summed E-state index contributed by atoms with van der Waals surface area (Å²) in [5.41, 5.74) is -2.80. The van der Waals surface area contributed by atoms with E-state index in [9.17, 15) is 29.7 Å². The Balaban J connectivity index is 4.79. The third-order valence-electron chi connectivity index (χ3n) is 12.6. The van der Waals surface area contributed by atoms with E-state index in [4.69, 9.17) is 0 Å². The third kappa shape index (κ3) is 32.9. The summed E-state index contributed by atoms with van der Waals surface area (Å²) in [6.07, 6.45) is 45.0. The van der Waals surface area contributed by atoms with Crippen molar-refractivity contribution in [1.82, 2.24) is 0 Å². The predicted octanol–water partition coefficient (Wildman–Crippen LogP) is 15.1. The van der Waals surface area contributed by atoms with Crippen LogP contribution in [0.5, 0.6) is 0 Å². The smallest absolute Gasteiger partial charge is 0.189 e. The summed E-state index contributed by atoms with van der Waals surface area (Å²) in [5.74, 6) is -2.13. The molecule has 0 fully saturated rings. The van der Waals surface area contributed by atoms with E-state index in [1.165, 1.54) is 154 Å². The molecule has 59 heavy (non-hydrogen) atoms. The zero-order valence-corrected chi connectivity index (χ0v) is 39.6. The van der Waals surface area contributed by atoms with Gasteiger partial charge in [-0.15, -0.1) is 0 Å². The molecular formula is C53H100O6. The van der Waals surface area contributed by atoms with Crippen molar-refractivity contribution in [2.45, 2.75) is 308 Å². The van der Waals surface area contributed by atoms with Crippen molar-refractivity contribution in [3.8, 4) is 0 Å². The highest BCUT2D eigenvalue weighted by molar-refractivity contribution is 6.01. The first kappa shape index (κ1) is 57.6. The lowest BCUT2D eigenvalue weighted by molar-refractivity contribution is -0.181. The second-order valence-corrected chi connectivity index (χ2v) is 18.3. The van der Waals surface area contributed by atoms with E-state index < -0.39 is 35.2 Å². The van der Waals surface area contributed by atoms with Crippen molar-refractivity contribution >= 4 is 17.3 Å². The third-order valence-corrected chi connectivity index (χ3v) is 12.6. The quantitative estimate of drug-likeness (QED) is 0.0416. The number of rotatable bonds is 48. The molecule has 0 saturated carbocycles. The van der Waals surface area contributed by atoms with Crippen molar-refractivity contribution in [2.24, 2.45) is 0 Å². The first-order chi connectivity index (χ1) is 28.8. The zero-order chi connectivity index (χ0) is 43.5. The van der Waals surface area contributed by atoms with E-state index in [0.717, 1.165) is 77.0 Å². The van der Waals surface area contributed by atoms with Crippen molar-refractivity contribution in [1.29, 1.82) is 0 Å². The highest BCUT2D eigenvalue weighted by Gasteiger charge is 2.53. The Morgan fingerprint density at radius 1 is 0.356 bits per heavy atom. The second kappa shape index (κ2) is 43.3. The van der Waals surface area contributed by atoms with Crippen molar-refractivity contribution in [3.05, 3.63) is 12.2 Å². The molecule has 6 heteroatoms. The number of aliphatic hydroxyl groups is 3. The topological polar surface area (TPSA) is 112 Å². The molecule has 0 saturated heterocycles. The minimum atomic E-state index is -2.80. The van der Waals surface area contributed by atoms with E-state index in [2.05, 4.69) is 32.9 Å². The Bertz CT molecular complexity index is 977. The van der Waals surface area contributed by atoms with Gasteiger partial charge in [0.1, 0.15) is 0 Å². The molecule has 0 amide bonds. The molecule has 0 spiro atoms.